The third kappa shape index (κ3) is 2.43. The van der Waals surface area contributed by atoms with E-state index >= 15 is 0 Å². The molecule has 0 saturated heterocycles. The molecule has 1 aliphatic rings. The Bertz CT molecular complexity index is 680. The van der Waals surface area contributed by atoms with Crippen molar-refractivity contribution in [2.45, 2.75) is 12.8 Å². The zero-order valence-corrected chi connectivity index (χ0v) is 12.0. The molecule has 0 amide bonds. The van der Waals surface area contributed by atoms with Gasteiger partial charge in [-0.3, -0.25) is 0 Å². The maximum atomic E-state index is 14.0. The Morgan fingerprint density at radius 2 is 1.80 bits per heavy atom. The average molecular weight is 313 g/mol. The van der Waals surface area contributed by atoms with Crippen LogP contribution in [0.3, 0.4) is 0 Å². The van der Waals surface area contributed by atoms with E-state index in [1.54, 1.807) is 0 Å². The van der Waals surface area contributed by atoms with Crippen LogP contribution < -0.4 is 4.90 Å². The summed E-state index contributed by atoms with van der Waals surface area (Å²) < 4.78 is 14.0. The second kappa shape index (κ2) is 5.50. The monoisotopic (exact) mass is 312 g/mol. The average Bonchev–Trinajstić information content (AvgIpc) is 2.71. The molecule has 0 aromatic carbocycles. The second-order valence-electron chi connectivity index (χ2n) is 4.48. The Morgan fingerprint density at radius 3 is 2.50 bits per heavy atom. The zero-order valence-electron chi connectivity index (χ0n) is 10.5. The van der Waals surface area contributed by atoms with Gasteiger partial charge in [0.05, 0.1) is 5.39 Å². The number of aromatic nitrogens is 3. The van der Waals surface area contributed by atoms with Crippen molar-refractivity contribution in [1.29, 1.82) is 0 Å². The van der Waals surface area contributed by atoms with Crippen LogP contribution in [0.15, 0.2) is 18.3 Å². The molecule has 20 heavy (non-hydrogen) atoms. The zero-order chi connectivity index (χ0) is 14.1. The van der Waals surface area contributed by atoms with Gasteiger partial charge in [-0.15, -0.1) is 0 Å². The van der Waals surface area contributed by atoms with Gasteiger partial charge >= 0.3 is 0 Å². The Hall–Kier alpha value is -1.46. The molecule has 3 rings (SSSR count). The van der Waals surface area contributed by atoms with Gasteiger partial charge in [0, 0.05) is 19.3 Å². The molecular weight excluding hydrogens is 302 g/mol. The highest BCUT2D eigenvalue weighted by atomic mass is 35.5. The summed E-state index contributed by atoms with van der Waals surface area (Å²) in [6.45, 7) is 1.59. The number of fused-ring (bicyclic) bond motifs is 1. The highest BCUT2D eigenvalue weighted by Gasteiger charge is 2.18. The predicted molar refractivity (Wildman–Crippen MR) is 77.9 cm³/mol. The van der Waals surface area contributed by atoms with E-state index in [4.69, 9.17) is 23.2 Å². The minimum atomic E-state index is -0.664. The number of nitrogens with zero attached hydrogens (tertiary/aromatic N) is 4. The number of hydrogen-bond donors (Lipinski definition) is 0. The SMILES string of the molecule is Fc1c(Cl)ncc2c(N3CCC=CCC3)nc(Cl)nc12. The summed E-state index contributed by atoms with van der Waals surface area (Å²) in [7, 11) is 0. The van der Waals surface area contributed by atoms with Crippen molar-refractivity contribution < 1.29 is 4.39 Å². The highest BCUT2D eigenvalue weighted by Crippen LogP contribution is 2.29. The van der Waals surface area contributed by atoms with E-state index in [2.05, 4.69) is 32.0 Å². The van der Waals surface area contributed by atoms with E-state index in [-0.39, 0.29) is 16.0 Å². The summed E-state index contributed by atoms with van der Waals surface area (Å²) in [5, 5.41) is 0.319. The van der Waals surface area contributed by atoms with E-state index in [9.17, 15) is 4.39 Å². The van der Waals surface area contributed by atoms with Gasteiger partial charge in [0.25, 0.3) is 0 Å². The Balaban J connectivity index is 2.17. The van der Waals surface area contributed by atoms with E-state index in [1.807, 2.05) is 0 Å². The molecular formula is C13H11Cl2FN4. The summed E-state index contributed by atoms with van der Waals surface area (Å²) in [4.78, 5) is 14.1. The molecule has 0 bridgehead atoms. The lowest BCUT2D eigenvalue weighted by atomic mass is 10.2. The Labute approximate surface area is 125 Å². The predicted octanol–water partition coefficient (Wildman–Crippen LogP) is 3.63. The summed E-state index contributed by atoms with van der Waals surface area (Å²) in [6.07, 6.45) is 7.56. The van der Waals surface area contributed by atoms with E-state index in [0.717, 1.165) is 25.9 Å². The van der Waals surface area contributed by atoms with Crippen molar-refractivity contribution in [1.82, 2.24) is 15.0 Å². The van der Waals surface area contributed by atoms with Gasteiger partial charge in [-0.1, -0.05) is 23.8 Å². The molecule has 104 valence electrons. The van der Waals surface area contributed by atoms with Crippen LogP contribution in [0.4, 0.5) is 10.2 Å². The van der Waals surface area contributed by atoms with Crippen LogP contribution >= 0.6 is 23.2 Å². The lowest BCUT2D eigenvalue weighted by Crippen LogP contribution is -2.25. The lowest BCUT2D eigenvalue weighted by molar-refractivity contribution is 0.631. The van der Waals surface area contributed by atoms with Crippen molar-refractivity contribution in [3.63, 3.8) is 0 Å². The lowest BCUT2D eigenvalue weighted by Gasteiger charge is -2.22. The van der Waals surface area contributed by atoms with Gasteiger partial charge in [0.2, 0.25) is 5.28 Å². The Morgan fingerprint density at radius 1 is 1.10 bits per heavy atom. The van der Waals surface area contributed by atoms with E-state index in [0.29, 0.717) is 11.2 Å². The summed E-state index contributed by atoms with van der Waals surface area (Å²) in [6, 6.07) is 0. The van der Waals surface area contributed by atoms with Crippen molar-refractivity contribution in [3.05, 3.63) is 34.6 Å². The van der Waals surface area contributed by atoms with Crippen LogP contribution in [0.1, 0.15) is 12.8 Å². The first-order chi connectivity index (χ1) is 9.66. The summed E-state index contributed by atoms with van der Waals surface area (Å²) in [5.74, 6) is -0.0607. The van der Waals surface area contributed by atoms with Crippen LogP contribution in [0.25, 0.3) is 10.9 Å². The van der Waals surface area contributed by atoms with Crippen LogP contribution in [0.2, 0.25) is 10.4 Å². The normalized spacial score (nSPS) is 15.7. The van der Waals surface area contributed by atoms with Gasteiger partial charge in [-0.2, -0.15) is 4.98 Å². The molecule has 0 saturated carbocycles. The third-order valence-electron chi connectivity index (χ3n) is 3.19. The maximum absolute atomic E-state index is 14.0. The number of pyridine rings is 1. The van der Waals surface area contributed by atoms with Gasteiger partial charge < -0.3 is 4.90 Å². The van der Waals surface area contributed by atoms with Crippen LogP contribution in [0.5, 0.6) is 0 Å². The molecule has 2 aromatic rings. The minimum absolute atomic E-state index is 0.00544. The molecule has 2 aromatic heterocycles. The van der Waals surface area contributed by atoms with Crippen molar-refractivity contribution >= 4 is 39.9 Å². The molecule has 1 aliphatic heterocycles. The standard InChI is InChI=1S/C13H11Cl2FN4/c14-11-9(16)10-8(7-17-11)12(19-13(15)18-10)20-5-3-1-2-4-6-20/h1-2,7H,3-6H2. The third-order valence-corrected chi connectivity index (χ3v) is 3.62. The molecule has 0 aliphatic carbocycles. The van der Waals surface area contributed by atoms with E-state index < -0.39 is 5.82 Å². The molecule has 0 radical (unpaired) electrons. The van der Waals surface area contributed by atoms with Gasteiger partial charge in [0.15, 0.2) is 11.0 Å². The Kier molecular flexibility index (Phi) is 3.72. The topological polar surface area (TPSA) is 41.9 Å². The van der Waals surface area contributed by atoms with Crippen molar-refractivity contribution in [3.8, 4) is 0 Å². The van der Waals surface area contributed by atoms with Gasteiger partial charge in [-0.25, -0.2) is 14.4 Å². The van der Waals surface area contributed by atoms with Crippen molar-refractivity contribution in [2.24, 2.45) is 0 Å². The molecule has 0 unspecified atom stereocenters. The summed E-state index contributed by atoms with van der Waals surface area (Å²) in [5.41, 5.74) is 0.109. The minimum Gasteiger partial charge on any atom is -0.355 e. The quantitative estimate of drug-likeness (QED) is 0.458. The number of halogens is 3. The summed E-state index contributed by atoms with van der Waals surface area (Å²) >= 11 is 11.6. The van der Waals surface area contributed by atoms with Gasteiger partial charge in [-0.05, 0) is 24.4 Å². The molecule has 0 N–H and O–H groups in total. The largest absolute Gasteiger partial charge is 0.355 e. The van der Waals surface area contributed by atoms with Crippen LogP contribution in [-0.4, -0.2) is 28.0 Å². The molecule has 3 heterocycles. The molecule has 7 heteroatoms. The number of rotatable bonds is 1. The fourth-order valence-electron chi connectivity index (χ4n) is 2.25. The number of anilines is 1. The first-order valence-corrected chi connectivity index (χ1v) is 6.99. The maximum Gasteiger partial charge on any atom is 0.225 e. The molecule has 0 atom stereocenters. The van der Waals surface area contributed by atoms with Crippen LogP contribution in [0, 0.1) is 5.82 Å². The highest BCUT2D eigenvalue weighted by molar-refractivity contribution is 6.30. The number of hydrogen-bond acceptors (Lipinski definition) is 4. The molecule has 0 fully saturated rings. The fourth-order valence-corrected chi connectivity index (χ4v) is 2.56. The van der Waals surface area contributed by atoms with E-state index in [1.165, 1.54) is 6.20 Å². The van der Waals surface area contributed by atoms with Crippen LogP contribution in [-0.2, 0) is 0 Å². The van der Waals surface area contributed by atoms with Gasteiger partial charge in [0.1, 0.15) is 11.3 Å². The smallest absolute Gasteiger partial charge is 0.225 e. The second-order valence-corrected chi connectivity index (χ2v) is 5.17. The molecule has 4 nitrogen and oxygen atoms in total. The van der Waals surface area contributed by atoms with Crippen molar-refractivity contribution in [2.75, 3.05) is 18.0 Å². The molecule has 0 spiro atoms. The first-order valence-electron chi connectivity index (χ1n) is 6.24. The fraction of sp³-hybridized carbons (Fsp3) is 0.308. The first kappa shape index (κ1) is 13.5.